The van der Waals surface area contributed by atoms with E-state index in [9.17, 15) is 4.79 Å². The molecule has 11 heavy (non-hydrogen) atoms. The topological polar surface area (TPSA) is 37.3 Å². The molecule has 0 aromatic rings. The smallest absolute Gasteiger partial charge is 0.303 e. The second-order valence-electron chi connectivity index (χ2n) is 3.26. The summed E-state index contributed by atoms with van der Waals surface area (Å²) in [5.41, 5.74) is 0. The van der Waals surface area contributed by atoms with Gasteiger partial charge in [0.2, 0.25) is 0 Å². The third-order valence-corrected chi connectivity index (χ3v) is 4.07. The highest BCUT2D eigenvalue weighted by Crippen LogP contribution is 2.37. The van der Waals surface area contributed by atoms with Gasteiger partial charge in [0.1, 0.15) is 0 Å². The van der Waals surface area contributed by atoms with Crippen molar-refractivity contribution in [3.63, 3.8) is 0 Å². The van der Waals surface area contributed by atoms with Crippen molar-refractivity contribution in [2.24, 2.45) is 11.8 Å². The molecule has 3 unspecified atom stereocenters. The number of hydrogen-bond acceptors (Lipinski definition) is 2. The normalized spacial score (nSPS) is 37.5. The van der Waals surface area contributed by atoms with Gasteiger partial charge in [0.25, 0.3) is 0 Å². The van der Waals surface area contributed by atoms with Crippen LogP contribution in [-0.4, -0.2) is 22.1 Å². The lowest BCUT2D eigenvalue weighted by atomic mass is 9.91. The van der Waals surface area contributed by atoms with E-state index in [1.54, 1.807) is 0 Å². The Morgan fingerprint density at radius 3 is 2.64 bits per heavy atom. The second kappa shape index (κ2) is 3.48. The third-order valence-electron chi connectivity index (χ3n) is 2.49. The van der Waals surface area contributed by atoms with E-state index in [1.807, 2.05) is 11.8 Å². The minimum atomic E-state index is -0.656. The van der Waals surface area contributed by atoms with Crippen LogP contribution in [0.1, 0.15) is 20.3 Å². The van der Waals surface area contributed by atoms with E-state index >= 15 is 0 Å². The van der Waals surface area contributed by atoms with Gasteiger partial charge in [-0.25, -0.2) is 0 Å². The predicted molar refractivity (Wildman–Crippen MR) is 46.8 cm³/mol. The molecule has 3 atom stereocenters. The van der Waals surface area contributed by atoms with E-state index in [0.29, 0.717) is 23.5 Å². The first kappa shape index (κ1) is 8.91. The zero-order valence-corrected chi connectivity index (χ0v) is 7.73. The van der Waals surface area contributed by atoms with Crippen LogP contribution < -0.4 is 0 Å². The van der Waals surface area contributed by atoms with Crippen LogP contribution in [0.2, 0.25) is 0 Å². The van der Waals surface area contributed by atoms with Gasteiger partial charge < -0.3 is 5.11 Å². The minimum absolute atomic E-state index is 0.346. The van der Waals surface area contributed by atoms with Gasteiger partial charge in [-0.2, -0.15) is 11.8 Å². The SMILES string of the molecule is CC1SCC(CC(=O)O)C1C. The quantitative estimate of drug-likeness (QED) is 0.694. The van der Waals surface area contributed by atoms with Gasteiger partial charge in [0.05, 0.1) is 0 Å². The number of carbonyl (C=O) groups is 1. The van der Waals surface area contributed by atoms with Crippen molar-refractivity contribution in [2.75, 3.05) is 5.75 Å². The van der Waals surface area contributed by atoms with Gasteiger partial charge in [-0.15, -0.1) is 0 Å². The van der Waals surface area contributed by atoms with Crippen molar-refractivity contribution in [1.82, 2.24) is 0 Å². The molecule has 0 bridgehead atoms. The first-order valence-corrected chi connectivity index (χ1v) is 4.99. The molecule has 1 rings (SSSR count). The molecule has 0 aromatic heterocycles. The molecule has 0 saturated carbocycles. The molecule has 1 heterocycles. The Morgan fingerprint density at radius 1 is 1.64 bits per heavy atom. The summed E-state index contributed by atoms with van der Waals surface area (Å²) in [6.07, 6.45) is 0.346. The molecule has 1 fully saturated rings. The molecule has 1 saturated heterocycles. The molecule has 0 amide bonds. The molecule has 1 aliphatic heterocycles. The third kappa shape index (κ3) is 2.12. The Kier molecular flexibility index (Phi) is 2.82. The summed E-state index contributed by atoms with van der Waals surface area (Å²) in [6.45, 7) is 4.33. The Morgan fingerprint density at radius 2 is 2.27 bits per heavy atom. The summed E-state index contributed by atoms with van der Waals surface area (Å²) in [4.78, 5) is 10.4. The lowest BCUT2D eigenvalue weighted by Crippen LogP contribution is -2.16. The molecule has 0 aromatic carbocycles. The molecule has 3 heteroatoms. The van der Waals surface area contributed by atoms with Crippen molar-refractivity contribution < 1.29 is 9.90 Å². The molecule has 1 N–H and O–H groups in total. The van der Waals surface area contributed by atoms with E-state index in [1.165, 1.54) is 0 Å². The monoisotopic (exact) mass is 174 g/mol. The van der Waals surface area contributed by atoms with Crippen LogP contribution in [0.25, 0.3) is 0 Å². The zero-order chi connectivity index (χ0) is 8.43. The van der Waals surface area contributed by atoms with Crippen LogP contribution in [0.4, 0.5) is 0 Å². The minimum Gasteiger partial charge on any atom is -0.481 e. The summed E-state index contributed by atoms with van der Waals surface area (Å²) < 4.78 is 0. The van der Waals surface area contributed by atoms with Crippen molar-refractivity contribution in [2.45, 2.75) is 25.5 Å². The maximum Gasteiger partial charge on any atom is 0.303 e. The standard InChI is InChI=1S/C8H14O2S/c1-5-6(2)11-4-7(5)3-8(9)10/h5-7H,3-4H2,1-2H3,(H,9,10). The van der Waals surface area contributed by atoms with Crippen LogP contribution >= 0.6 is 11.8 Å². The number of thioether (sulfide) groups is 1. The fraction of sp³-hybridized carbons (Fsp3) is 0.875. The molecule has 0 radical (unpaired) electrons. The van der Waals surface area contributed by atoms with E-state index in [4.69, 9.17) is 5.11 Å². The maximum absolute atomic E-state index is 10.4. The molecule has 64 valence electrons. The van der Waals surface area contributed by atoms with Crippen molar-refractivity contribution >= 4 is 17.7 Å². The van der Waals surface area contributed by atoms with Gasteiger partial charge in [-0.3, -0.25) is 4.79 Å². The van der Waals surface area contributed by atoms with Crippen LogP contribution in [0.15, 0.2) is 0 Å². The Hall–Kier alpha value is -0.180. The maximum atomic E-state index is 10.4. The number of carboxylic acids is 1. The fourth-order valence-electron chi connectivity index (χ4n) is 1.43. The van der Waals surface area contributed by atoms with E-state index < -0.39 is 5.97 Å². The van der Waals surface area contributed by atoms with Crippen LogP contribution in [0.3, 0.4) is 0 Å². The Labute approximate surface area is 71.4 Å². The Balaban J connectivity index is 2.42. The largest absolute Gasteiger partial charge is 0.481 e. The molecular formula is C8H14O2S. The fourth-order valence-corrected chi connectivity index (χ4v) is 2.93. The second-order valence-corrected chi connectivity index (χ2v) is 4.67. The molecule has 2 nitrogen and oxygen atoms in total. The highest BCUT2D eigenvalue weighted by atomic mass is 32.2. The summed E-state index contributed by atoms with van der Waals surface area (Å²) in [5.74, 6) is 1.33. The highest BCUT2D eigenvalue weighted by molar-refractivity contribution is 8.00. The van der Waals surface area contributed by atoms with Gasteiger partial charge in [-0.1, -0.05) is 13.8 Å². The molecule has 0 aliphatic carbocycles. The van der Waals surface area contributed by atoms with Gasteiger partial charge >= 0.3 is 5.97 Å². The lowest BCUT2D eigenvalue weighted by Gasteiger charge is -2.13. The number of hydrogen-bond donors (Lipinski definition) is 1. The molecule has 0 spiro atoms. The average Bonchev–Trinajstić information content (AvgIpc) is 2.18. The Bertz CT molecular complexity index is 158. The van der Waals surface area contributed by atoms with Gasteiger partial charge in [0, 0.05) is 11.7 Å². The summed E-state index contributed by atoms with van der Waals surface area (Å²) in [7, 11) is 0. The average molecular weight is 174 g/mol. The number of aliphatic carboxylic acids is 1. The number of carboxylic acid groups (broad SMARTS) is 1. The molecule has 1 aliphatic rings. The predicted octanol–water partition coefficient (Wildman–Crippen LogP) is 1.85. The van der Waals surface area contributed by atoms with E-state index in [-0.39, 0.29) is 0 Å². The van der Waals surface area contributed by atoms with Crippen LogP contribution in [0.5, 0.6) is 0 Å². The van der Waals surface area contributed by atoms with Gasteiger partial charge in [0.15, 0.2) is 0 Å². The first-order chi connectivity index (χ1) is 5.11. The summed E-state index contributed by atoms with van der Waals surface area (Å²) in [6, 6.07) is 0. The van der Waals surface area contributed by atoms with Crippen molar-refractivity contribution in [3.05, 3.63) is 0 Å². The molecular weight excluding hydrogens is 160 g/mol. The summed E-state index contributed by atoms with van der Waals surface area (Å²) >= 11 is 1.89. The zero-order valence-electron chi connectivity index (χ0n) is 6.91. The first-order valence-electron chi connectivity index (χ1n) is 3.94. The van der Waals surface area contributed by atoms with Crippen LogP contribution in [0, 0.1) is 11.8 Å². The van der Waals surface area contributed by atoms with E-state index in [0.717, 1.165) is 5.75 Å². The van der Waals surface area contributed by atoms with E-state index in [2.05, 4.69) is 13.8 Å². The summed E-state index contributed by atoms with van der Waals surface area (Å²) in [5, 5.41) is 9.21. The van der Waals surface area contributed by atoms with Crippen LogP contribution in [-0.2, 0) is 4.79 Å². The number of rotatable bonds is 2. The highest BCUT2D eigenvalue weighted by Gasteiger charge is 2.31. The van der Waals surface area contributed by atoms with Crippen molar-refractivity contribution in [1.29, 1.82) is 0 Å². The van der Waals surface area contributed by atoms with Crippen molar-refractivity contribution in [3.8, 4) is 0 Å². The lowest BCUT2D eigenvalue weighted by molar-refractivity contribution is -0.138. The van der Waals surface area contributed by atoms with Gasteiger partial charge in [-0.05, 0) is 17.6 Å².